The molecule has 4 rings (SSSR count). The Morgan fingerprint density at radius 2 is 2.13 bits per heavy atom. The van der Waals surface area contributed by atoms with Crippen molar-refractivity contribution in [2.45, 2.75) is 52.7 Å². The van der Waals surface area contributed by atoms with Gasteiger partial charge in [0.25, 0.3) is 0 Å². The number of hydrogen-bond acceptors (Lipinski definition) is 6. The van der Waals surface area contributed by atoms with Gasteiger partial charge in [-0.25, -0.2) is 4.79 Å². The van der Waals surface area contributed by atoms with E-state index in [4.69, 9.17) is 14.6 Å². The van der Waals surface area contributed by atoms with Gasteiger partial charge in [-0.3, -0.25) is 0 Å². The van der Waals surface area contributed by atoms with Crippen LogP contribution in [0.25, 0.3) is 0 Å². The first-order valence-electron chi connectivity index (χ1n) is 10.3. The fraction of sp³-hybridized carbons (Fsp3) is 0.522. The molecule has 0 bridgehead atoms. The SMILES string of the molecule is Cc1cc(CNC(=O)Oc2sc(C)c3c2C[C@@H]2[C@H]3C2(C)C)ccc1OC[C@H](O)CO. The van der Waals surface area contributed by atoms with E-state index in [0.717, 1.165) is 22.6 Å². The molecule has 1 saturated carbocycles. The Bertz CT molecular complexity index is 967. The Morgan fingerprint density at radius 3 is 2.83 bits per heavy atom. The zero-order chi connectivity index (χ0) is 21.6. The first kappa shape index (κ1) is 21.2. The van der Waals surface area contributed by atoms with Gasteiger partial charge < -0.3 is 25.0 Å². The molecule has 30 heavy (non-hydrogen) atoms. The van der Waals surface area contributed by atoms with Crippen LogP contribution in [0.5, 0.6) is 10.8 Å². The van der Waals surface area contributed by atoms with Crippen LogP contribution in [0.15, 0.2) is 18.2 Å². The summed E-state index contributed by atoms with van der Waals surface area (Å²) >= 11 is 1.57. The van der Waals surface area contributed by atoms with Crippen LogP contribution in [-0.2, 0) is 13.0 Å². The molecule has 162 valence electrons. The van der Waals surface area contributed by atoms with Gasteiger partial charge in [-0.05, 0) is 60.3 Å². The highest BCUT2D eigenvalue weighted by molar-refractivity contribution is 7.14. The molecule has 1 aromatic heterocycles. The average molecular weight is 432 g/mol. The van der Waals surface area contributed by atoms with Gasteiger partial charge in [0.2, 0.25) is 0 Å². The summed E-state index contributed by atoms with van der Waals surface area (Å²) in [6.45, 7) is 8.71. The van der Waals surface area contributed by atoms with Crippen molar-refractivity contribution in [2.75, 3.05) is 13.2 Å². The number of fused-ring (bicyclic) bond motifs is 3. The second-order valence-electron chi connectivity index (χ2n) is 8.94. The van der Waals surface area contributed by atoms with Gasteiger partial charge in [0.1, 0.15) is 18.5 Å². The van der Waals surface area contributed by atoms with Crippen molar-refractivity contribution in [3.63, 3.8) is 0 Å². The van der Waals surface area contributed by atoms with Crippen LogP contribution in [-0.4, -0.2) is 35.6 Å². The monoisotopic (exact) mass is 431 g/mol. The molecule has 1 heterocycles. The zero-order valence-electron chi connectivity index (χ0n) is 17.8. The summed E-state index contributed by atoms with van der Waals surface area (Å²) in [5.41, 5.74) is 4.83. The van der Waals surface area contributed by atoms with Crippen LogP contribution in [0.3, 0.4) is 0 Å². The van der Waals surface area contributed by atoms with E-state index >= 15 is 0 Å². The number of carbonyl (C=O) groups is 1. The first-order chi connectivity index (χ1) is 14.2. The Hall–Kier alpha value is -2.09. The van der Waals surface area contributed by atoms with E-state index in [0.29, 0.717) is 29.5 Å². The minimum absolute atomic E-state index is 0.0325. The highest BCUT2D eigenvalue weighted by Gasteiger charge is 2.63. The summed E-state index contributed by atoms with van der Waals surface area (Å²) in [6, 6.07) is 5.57. The number of ether oxygens (including phenoxy) is 2. The van der Waals surface area contributed by atoms with Crippen LogP contribution >= 0.6 is 11.3 Å². The molecule has 0 spiro atoms. The Labute approximate surface area is 180 Å². The minimum Gasteiger partial charge on any atom is -0.491 e. The molecule has 2 aliphatic carbocycles. The number of carbonyl (C=O) groups excluding carboxylic acids is 1. The van der Waals surface area contributed by atoms with Crippen molar-refractivity contribution in [2.24, 2.45) is 11.3 Å². The molecule has 3 N–H and O–H groups in total. The van der Waals surface area contributed by atoms with E-state index in [-0.39, 0.29) is 13.2 Å². The van der Waals surface area contributed by atoms with Crippen LogP contribution in [0.2, 0.25) is 0 Å². The van der Waals surface area contributed by atoms with Crippen molar-refractivity contribution >= 4 is 17.4 Å². The number of aryl methyl sites for hydroxylation is 2. The van der Waals surface area contributed by atoms with Crippen molar-refractivity contribution < 1.29 is 24.5 Å². The standard InChI is InChI=1S/C23H29NO5S/c1-12-7-14(5-6-18(12)28-11-15(26)10-25)9-24-22(27)29-21-16-8-17-20(23(17,3)4)19(16)13(2)30-21/h5-7,15,17,20,25-26H,8-11H2,1-4H3,(H,24,27)/t15-,17-,20-/m1/s1. The summed E-state index contributed by atoms with van der Waals surface area (Å²) in [6.07, 6.45) is -0.339. The van der Waals surface area contributed by atoms with Gasteiger partial charge in [-0.1, -0.05) is 26.0 Å². The lowest BCUT2D eigenvalue weighted by Gasteiger charge is -2.13. The maximum Gasteiger partial charge on any atom is 0.413 e. The van der Waals surface area contributed by atoms with E-state index in [1.807, 2.05) is 19.1 Å². The van der Waals surface area contributed by atoms with Crippen LogP contribution in [0, 0.1) is 25.2 Å². The lowest BCUT2D eigenvalue weighted by atomic mass is 9.96. The summed E-state index contributed by atoms with van der Waals surface area (Å²) in [7, 11) is 0. The second-order valence-corrected chi connectivity index (χ2v) is 10.1. The molecule has 0 saturated heterocycles. The summed E-state index contributed by atoms with van der Waals surface area (Å²) in [5.74, 6) is 1.94. The maximum atomic E-state index is 12.4. The molecule has 2 aliphatic rings. The van der Waals surface area contributed by atoms with Gasteiger partial charge in [0.05, 0.1) is 6.61 Å². The number of thiophene rings is 1. The highest BCUT2D eigenvalue weighted by Crippen LogP contribution is 2.72. The van der Waals surface area contributed by atoms with E-state index in [2.05, 4.69) is 26.1 Å². The average Bonchev–Trinajstić information content (AvgIpc) is 3.02. The fourth-order valence-corrected chi connectivity index (χ4v) is 5.77. The summed E-state index contributed by atoms with van der Waals surface area (Å²) in [4.78, 5) is 13.6. The van der Waals surface area contributed by atoms with E-state index < -0.39 is 12.2 Å². The van der Waals surface area contributed by atoms with Gasteiger partial charge in [0.15, 0.2) is 5.06 Å². The number of hydrogen-bond donors (Lipinski definition) is 3. The normalized spacial score (nSPS) is 21.5. The van der Waals surface area contributed by atoms with Gasteiger partial charge >= 0.3 is 6.09 Å². The molecule has 1 amide bonds. The summed E-state index contributed by atoms with van der Waals surface area (Å²) < 4.78 is 11.2. The topological polar surface area (TPSA) is 88.0 Å². The number of benzene rings is 1. The first-order valence-corrected chi connectivity index (χ1v) is 11.1. The summed E-state index contributed by atoms with van der Waals surface area (Å²) in [5, 5.41) is 21.8. The fourth-order valence-electron chi connectivity index (χ4n) is 4.70. The van der Waals surface area contributed by atoms with Crippen molar-refractivity contribution in [3.05, 3.63) is 45.3 Å². The number of nitrogens with one attached hydrogen (secondary N) is 1. The molecule has 6 nitrogen and oxygen atoms in total. The molecular weight excluding hydrogens is 402 g/mol. The lowest BCUT2D eigenvalue weighted by molar-refractivity contribution is 0.0534. The van der Waals surface area contributed by atoms with Crippen molar-refractivity contribution in [3.8, 4) is 10.8 Å². The second kappa shape index (κ2) is 7.87. The van der Waals surface area contributed by atoms with Crippen LogP contribution in [0.1, 0.15) is 46.9 Å². The third-order valence-electron chi connectivity index (χ3n) is 6.49. The van der Waals surface area contributed by atoms with Crippen LogP contribution in [0.4, 0.5) is 4.79 Å². The smallest absolute Gasteiger partial charge is 0.413 e. The van der Waals surface area contributed by atoms with Gasteiger partial charge in [0, 0.05) is 17.0 Å². The van der Waals surface area contributed by atoms with Gasteiger partial charge in [-0.15, -0.1) is 11.3 Å². The molecule has 2 aromatic rings. The maximum absolute atomic E-state index is 12.4. The number of rotatable bonds is 7. The predicted octanol–water partition coefficient (Wildman–Crippen LogP) is 3.68. The third-order valence-corrected chi connectivity index (χ3v) is 7.53. The van der Waals surface area contributed by atoms with Crippen molar-refractivity contribution in [1.29, 1.82) is 0 Å². The Kier molecular flexibility index (Phi) is 5.55. The predicted molar refractivity (Wildman–Crippen MR) is 115 cm³/mol. The molecule has 1 aromatic carbocycles. The number of aliphatic hydroxyl groups is 2. The Morgan fingerprint density at radius 1 is 1.37 bits per heavy atom. The molecule has 0 aliphatic heterocycles. The molecular formula is C23H29NO5S. The molecule has 7 heteroatoms. The molecule has 0 radical (unpaired) electrons. The van der Waals surface area contributed by atoms with E-state index in [1.165, 1.54) is 16.0 Å². The van der Waals surface area contributed by atoms with Crippen LogP contribution < -0.4 is 14.8 Å². The largest absolute Gasteiger partial charge is 0.491 e. The number of amides is 1. The number of aliphatic hydroxyl groups excluding tert-OH is 2. The quantitative estimate of drug-likeness (QED) is 0.622. The van der Waals surface area contributed by atoms with E-state index in [1.54, 1.807) is 17.4 Å². The lowest BCUT2D eigenvalue weighted by Crippen LogP contribution is -2.26. The van der Waals surface area contributed by atoms with E-state index in [9.17, 15) is 9.90 Å². The third kappa shape index (κ3) is 3.82. The zero-order valence-corrected chi connectivity index (χ0v) is 18.6. The molecule has 1 fully saturated rings. The molecule has 3 atom stereocenters. The minimum atomic E-state index is -0.903. The molecule has 0 unspecified atom stereocenters. The van der Waals surface area contributed by atoms with Gasteiger partial charge in [-0.2, -0.15) is 0 Å². The Balaban J connectivity index is 1.33. The highest BCUT2D eigenvalue weighted by atomic mass is 32.1. The van der Waals surface area contributed by atoms with Crippen molar-refractivity contribution in [1.82, 2.24) is 5.32 Å².